The van der Waals surface area contributed by atoms with Crippen LogP contribution in [0.1, 0.15) is 62.5 Å². The number of carbonyl (C=O) groups excluding carboxylic acids is 1. The van der Waals surface area contributed by atoms with Gasteiger partial charge in [0.1, 0.15) is 11.9 Å². The predicted molar refractivity (Wildman–Crippen MR) is 113 cm³/mol. The SMILES string of the molecule is Cc1cc(O)cc2c1C(=O)O[C@@H](C)C(C)/C=C\C(C)[C@H]1OC(C)(C)O[C@H]1CC=C2. The van der Waals surface area contributed by atoms with E-state index in [4.69, 9.17) is 14.2 Å². The molecule has 1 aromatic carbocycles. The lowest BCUT2D eigenvalue weighted by Crippen LogP contribution is -2.29. The second kappa shape index (κ2) is 8.33. The number of carbonyl (C=O) groups is 1. The van der Waals surface area contributed by atoms with Gasteiger partial charge < -0.3 is 19.3 Å². The Hall–Kier alpha value is -2.11. The van der Waals surface area contributed by atoms with Crippen LogP contribution in [0.2, 0.25) is 0 Å². The van der Waals surface area contributed by atoms with Gasteiger partial charge in [-0.25, -0.2) is 4.79 Å². The number of rotatable bonds is 0. The van der Waals surface area contributed by atoms with Gasteiger partial charge in [0.15, 0.2) is 5.79 Å². The Kier molecular flexibility index (Phi) is 6.20. The first-order valence-corrected chi connectivity index (χ1v) is 10.3. The van der Waals surface area contributed by atoms with Crippen LogP contribution >= 0.6 is 0 Å². The molecule has 2 aliphatic rings. The third kappa shape index (κ3) is 4.90. The average molecular weight is 401 g/mol. The number of aromatic hydroxyl groups is 1. The highest BCUT2D eigenvalue weighted by molar-refractivity contribution is 5.95. The van der Waals surface area contributed by atoms with Gasteiger partial charge >= 0.3 is 5.97 Å². The van der Waals surface area contributed by atoms with Crippen LogP contribution in [0.3, 0.4) is 0 Å². The molecule has 2 aliphatic heterocycles. The van der Waals surface area contributed by atoms with Crippen molar-refractivity contribution in [2.45, 2.75) is 72.1 Å². The smallest absolute Gasteiger partial charge is 0.339 e. The molecule has 0 spiro atoms. The first kappa shape index (κ1) is 21.6. The van der Waals surface area contributed by atoms with E-state index in [1.807, 2.05) is 39.8 Å². The summed E-state index contributed by atoms with van der Waals surface area (Å²) in [5, 5.41) is 10.0. The monoisotopic (exact) mass is 400 g/mol. The maximum absolute atomic E-state index is 12.9. The Morgan fingerprint density at radius 3 is 2.48 bits per heavy atom. The molecule has 1 aromatic rings. The molecule has 5 heteroatoms. The van der Waals surface area contributed by atoms with Crippen LogP contribution in [-0.2, 0) is 14.2 Å². The normalized spacial score (nSPS) is 33.3. The molecule has 0 aliphatic carbocycles. The fourth-order valence-corrected chi connectivity index (χ4v) is 3.98. The summed E-state index contributed by atoms with van der Waals surface area (Å²) < 4.78 is 18.1. The molecule has 158 valence electrons. The Bertz CT molecular complexity index is 823. The second-order valence-electron chi connectivity index (χ2n) is 8.72. The van der Waals surface area contributed by atoms with Crippen LogP contribution in [0.5, 0.6) is 5.75 Å². The molecular weight excluding hydrogens is 368 g/mol. The number of hydrogen-bond acceptors (Lipinski definition) is 5. The number of cyclic esters (lactones) is 1. The minimum atomic E-state index is -0.635. The van der Waals surface area contributed by atoms with E-state index in [0.29, 0.717) is 23.1 Å². The van der Waals surface area contributed by atoms with Crippen molar-refractivity contribution in [2.75, 3.05) is 0 Å². The van der Waals surface area contributed by atoms with E-state index < -0.39 is 5.79 Å². The number of phenols is 1. The largest absolute Gasteiger partial charge is 0.508 e. The molecule has 0 radical (unpaired) electrons. The van der Waals surface area contributed by atoms with Crippen LogP contribution in [0.4, 0.5) is 0 Å². The van der Waals surface area contributed by atoms with E-state index in [1.54, 1.807) is 19.1 Å². The van der Waals surface area contributed by atoms with Gasteiger partial charge in [0.2, 0.25) is 0 Å². The summed E-state index contributed by atoms with van der Waals surface area (Å²) in [7, 11) is 0. The zero-order chi connectivity index (χ0) is 21.3. The number of phenolic OH excluding ortho intramolecular Hbond substituents is 1. The lowest BCUT2D eigenvalue weighted by Gasteiger charge is -2.23. The van der Waals surface area contributed by atoms with Crippen LogP contribution in [0.25, 0.3) is 6.08 Å². The number of benzene rings is 1. The van der Waals surface area contributed by atoms with Crippen LogP contribution in [0, 0.1) is 18.8 Å². The fraction of sp³-hybridized carbons (Fsp3) is 0.542. The van der Waals surface area contributed by atoms with Gasteiger partial charge in [0.25, 0.3) is 0 Å². The van der Waals surface area contributed by atoms with E-state index in [9.17, 15) is 9.90 Å². The van der Waals surface area contributed by atoms with E-state index in [0.717, 1.165) is 0 Å². The summed E-state index contributed by atoms with van der Waals surface area (Å²) in [5.74, 6) is -0.683. The number of esters is 1. The molecule has 0 bridgehead atoms. The van der Waals surface area contributed by atoms with Crippen LogP contribution in [0.15, 0.2) is 30.4 Å². The summed E-state index contributed by atoms with van der Waals surface area (Å²) in [5.41, 5.74) is 1.81. The Balaban J connectivity index is 2.02. The summed E-state index contributed by atoms with van der Waals surface area (Å²) in [4.78, 5) is 12.9. The molecule has 2 unspecified atom stereocenters. The minimum absolute atomic E-state index is 0.0505. The second-order valence-corrected chi connectivity index (χ2v) is 8.72. The highest BCUT2D eigenvalue weighted by Gasteiger charge is 2.42. The quantitative estimate of drug-likeness (QED) is 0.490. The van der Waals surface area contributed by atoms with Gasteiger partial charge in [-0.15, -0.1) is 0 Å². The molecule has 0 aromatic heterocycles. The summed E-state index contributed by atoms with van der Waals surface area (Å²) >= 11 is 0. The minimum Gasteiger partial charge on any atom is -0.508 e. The van der Waals surface area contributed by atoms with Crippen molar-refractivity contribution in [1.82, 2.24) is 0 Å². The van der Waals surface area contributed by atoms with Gasteiger partial charge in [0.05, 0.1) is 17.8 Å². The zero-order valence-electron chi connectivity index (χ0n) is 18.1. The number of fused-ring (bicyclic) bond motifs is 2. The van der Waals surface area contributed by atoms with Crippen molar-refractivity contribution in [1.29, 1.82) is 0 Å². The number of hydrogen-bond donors (Lipinski definition) is 1. The lowest BCUT2D eigenvalue weighted by molar-refractivity contribution is -0.148. The topological polar surface area (TPSA) is 65.0 Å². The maximum Gasteiger partial charge on any atom is 0.339 e. The van der Waals surface area contributed by atoms with E-state index in [1.165, 1.54) is 0 Å². The van der Waals surface area contributed by atoms with Crippen LogP contribution in [-0.4, -0.2) is 35.2 Å². The molecule has 0 saturated carbocycles. The van der Waals surface area contributed by atoms with Gasteiger partial charge in [0, 0.05) is 11.8 Å². The van der Waals surface area contributed by atoms with Gasteiger partial charge in [-0.1, -0.05) is 38.2 Å². The van der Waals surface area contributed by atoms with Gasteiger partial charge in [-0.3, -0.25) is 0 Å². The summed E-state index contributed by atoms with van der Waals surface area (Å²) in [6.45, 7) is 11.7. The Morgan fingerprint density at radius 1 is 1.07 bits per heavy atom. The molecule has 3 rings (SSSR count). The summed E-state index contributed by atoms with van der Waals surface area (Å²) in [6, 6.07) is 3.18. The van der Waals surface area contributed by atoms with Crippen molar-refractivity contribution in [3.05, 3.63) is 47.1 Å². The molecular formula is C24H32O5. The first-order chi connectivity index (χ1) is 13.6. The fourth-order valence-electron chi connectivity index (χ4n) is 3.98. The van der Waals surface area contributed by atoms with Crippen molar-refractivity contribution < 1.29 is 24.1 Å². The average Bonchev–Trinajstić information content (AvgIpc) is 2.92. The standard InChI is InChI=1S/C24H32O5/c1-14-10-11-15(2)22-20(28-24(5,6)29-22)9-7-8-18-13-19(25)12-16(3)21(18)23(26)27-17(14)4/h7-8,10-15,17,20,22,25H,9H2,1-6H3/b8-7?,11-10-/t14?,15?,17-,20-,22+/m0/s1. The molecule has 5 nitrogen and oxygen atoms in total. The van der Waals surface area contributed by atoms with Crippen molar-refractivity contribution in [2.24, 2.45) is 11.8 Å². The predicted octanol–water partition coefficient (Wildman–Crippen LogP) is 5.01. The summed E-state index contributed by atoms with van der Waals surface area (Å²) in [6.07, 6.45) is 8.24. The highest BCUT2D eigenvalue weighted by Crippen LogP contribution is 2.35. The molecule has 5 atom stereocenters. The van der Waals surface area contributed by atoms with Gasteiger partial charge in [-0.05, 0) is 57.4 Å². The van der Waals surface area contributed by atoms with Crippen LogP contribution < -0.4 is 0 Å². The maximum atomic E-state index is 12.9. The third-order valence-corrected chi connectivity index (χ3v) is 5.71. The highest BCUT2D eigenvalue weighted by atomic mass is 16.8. The Morgan fingerprint density at radius 2 is 1.76 bits per heavy atom. The molecule has 2 heterocycles. The van der Waals surface area contributed by atoms with E-state index >= 15 is 0 Å². The zero-order valence-corrected chi connectivity index (χ0v) is 18.1. The lowest BCUT2D eigenvalue weighted by atomic mass is 9.94. The molecule has 1 N–H and O–H groups in total. The molecule has 29 heavy (non-hydrogen) atoms. The van der Waals surface area contributed by atoms with E-state index in [2.05, 4.69) is 19.1 Å². The van der Waals surface area contributed by atoms with Crippen molar-refractivity contribution in [3.8, 4) is 5.75 Å². The van der Waals surface area contributed by atoms with Crippen molar-refractivity contribution >= 4 is 12.0 Å². The van der Waals surface area contributed by atoms with E-state index in [-0.39, 0.29) is 41.9 Å². The van der Waals surface area contributed by atoms with Crippen molar-refractivity contribution in [3.63, 3.8) is 0 Å². The molecule has 1 fully saturated rings. The third-order valence-electron chi connectivity index (χ3n) is 5.71. The Labute approximate surface area is 173 Å². The molecule has 0 amide bonds. The number of ether oxygens (including phenoxy) is 3. The van der Waals surface area contributed by atoms with Gasteiger partial charge in [-0.2, -0.15) is 0 Å². The molecule has 1 saturated heterocycles. The number of aryl methyl sites for hydroxylation is 1. The first-order valence-electron chi connectivity index (χ1n) is 10.3.